The van der Waals surface area contributed by atoms with Gasteiger partial charge in [0.05, 0.1) is 5.54 Å². The molecule has 3 rings (SSSR count). The SMILES string of the molecule is Cl.NC1(c2nc(-c3ccsc3)no2)CC1. The molecule has 0 spiro atoms. The number of rotatable bonds is 2. The third kappa shape index (κ3) is 1.78. The van der Waals surface area contributed by atoms with Crippen LogP contribution < -0.4 is 5.73 Å². The van der Waals surface area contributed by atoms with Gasteiger partial charge in [0.15, 0.2) is 0 Å². The van der Waals surface area contributed by atoms with Crippen LogP contribution in [0.1, 0.15) is 18.7 Å². The van der Waals surface area contributed by atoms with Gasteiger partial charge in [-0.2, -0.15) is 16.3 Å². The van der Waals surface area contributed by atoms with Crippen molar-refractivity contribution in [1.82, 2.24) is 10.1 Å². The first-order chi connectivity index (χ1) is 6.78. The molecule has 1 saturated carbocycles. The van der Waals surface area contributed by atoms with Crippen LogP contribution in [0.2, 0.25) is 0 Å². The van der Waals surface area contributed by atoms with E-state index in [0.717, 1.165) is 18.4 Å². The van der Waals surface area contributed by atoms with Gasteiger partial charge >= 0.3 is 0 Å². The summed E-state index contributed by atoms with van der Waals surface area (Å²) < 4.78 is 5.13. The Kier molecular flexibility index (Phi) is 2.54. The van der Waals surface area contributed by atoms with Crippen molar-refractivity contribution in [2.75, 3.05) is 0 Å². The summed E-state index contributed by atoms with van der Waals surface area (Å²) >= 11 is 1.61. The predicted molar refractivity (Wildman–Crippen MR) is 60.0 cm³/mol. The van der Waals surface area contributed by atoms with Crippen molar-refractivity contribution in [3.05, 3.63) is 22.7 Å². The fourth-order valence-corrected chi connectivity index (χ4v) is 1.92. The molecule has 2 aromatic heterocycles. The lowest BCUT2D eigenvalue weighted by Gasteiger charge is -1.97. The molecule has 0 bridgehead atoms. The van der Waals surface area contributed by atoms with Crippen molar-refractivity contribution in [1.29, 1.82) is 0 Å². The highest BCUT2D eigenvalue weighted by atomic mass is 35.5. The predicted octanol–water partition coefficient (Wildman–Crippen LogP) is 2.17. The number of hydrogen-bond acceptors (Lipinski definition) is 5. The smallest absolute Gasteiger partial charge is 0.247 e. The van der Waals surface area contributed by atoms with E-state index >= 15 is 0 Å². The first-order valence-electron chi connectivity index (χ1n) is 4.44. The van der Waals surface area contributed by atoms with Gasteiger partial charge in [-0.25, -0.2) is 0 Å². The number of aromatic nitrogens is 2. The van der Waals surface area contributed by atoms with Gasteiger partial charge in [0, 0.05) is 10.9 Å². The van der Waals surface area contributed by atoms with Crippen molar-refractivity contribution in [3.63, 3.8) is 0 Å². The monoisotopic (exact) mass is 243 g/mol. The van der Waals surface area contributed by atoms with Crippen LogP contribution >= 0.6 is 23.7 Å². The Labute approximate surface area is 96.9 Å². The Bertz CT molecular complexity index is 450. The molecular formula is C9H10ClN3OS. The Morgan fingerprint density at radius 3 is 2.87 bits per heavy atom. The molecular weight excluding hydrogens is 234 g/mol. The second-order valence-electron chi connectivity index (χ2n) is 3.59. The maximum Gasteiger partial charge on any atom is 0.247 e. The van der Waals surface area contributed by atoms with Crippen LogP contribution in [0.3, 0.4) is 0 Å². The van der Waals surface area contributed by atoms with Crippen molar-refractivity contribution in [2.24, 2.45) is 5.73 Å². The minimum Gasteiger partial charge on any atom is -0.337 e. The molecule has 0 radical (unpaired) electrons. The van der Waals surface area contributed by atoms with Crippen LogP contribution in [0.25, 0.3) is 11.4 Å². The Morgan fingerprint density at radius 2 is 2.27 bits per heavy atom. The van der Waals surface area contributed by atoms with Gasteiger partial charge in [-0.1, -0.05) is 5.16 Å². The van der Waals surface area contributed by atoms with Gasteiger partial charge in [-0.15, -0.1) is 12.4 Å². The first-order valence-corrected chi connectivity index (χ1v) is 5.38. The lowest BCUT2D eigenvalue weighted by molar-refractivity contribution is 0.348. The zero-order chi connectivity index (χ0) is 9.60. The van der Waals surface area contributed by atoms with Crippen molar-refractivity contribution >= 4 is 23.7 Å². The van der Waals surface area contributed by atoms with E-state index < -0.39 is 0 Å². The molecule has 0 amide bonds. The topological polar surface area (TPSA) is 64.9 Å². The molecule has 0 unspecified atom stereocenters. The maximum atomic E-state index is 5.94. The highest BCUT2D eigenvalue weighted by Gasteiger charge is 2.45. The van der Waals surface area contributed by atoms with Gasteiger partial charge in [-0.3, -0.25) is 0 Å². The van der Waals surface area contributed by atoms with Crippen molar-refractivity contribution < 1.29 is 4.52 Å². The second kappa shape index (κ2) is 3.59. The largest absolute Gasteiger partial charge is 0.337 e. The third-order valence-corrected chi connectivity index (χ3v) is 3.10. The molecule has 2 heterocycles. The lowest BCUT2D eigenvalue weighted by atomic mass is 10.3. The van der Waals surface area contributed by atoms with Crippen LogP contribution in [-0.4, -0.2) is 10.1 Å². The molecule has 0 atom stereocenters. The fraction of sp³-hybridized carbons (Fsp3) is 0.333. The highest BCUT2D eigenvalue weighted by molar-refractivity contribution is 7.08. The van der Waals surface area contributed by atoms with Crippen LogP contribution in [0.15, 0.2) is 21.3 Å². The summed E-state index contributed by atoms with van der Waals surface area (Å²) in [6.07, 6.45) is 1.89. The van der Waals surface area contributed by atoms with Gasteiger partial charge < -0.3 is 10.3 Å². The number of thiophene rings is 1. The average Bonchev–Trinajstić information content (AvgIpc) is 2.73. The Hall–Kier alpha value is -0.910. The summed E-state index contributed by atoms with van der Waals surface area (Å²) in [5, 5.41) is 7.88. The van der Waals surface area contributed by atoms with Gasteiger partial charge in [0.1, 0.15) is 0 Å². The van der Waals surface area contributed by atoms with E-state index in [9.17, 15) is 0 Å². The quantitative estimate of drug-likeness (QED) is 0.878. The molecule has 15 heavy (non-hydrogen) atoms. The van der Waals surface area contributed by atoms with E-state index in [4.69, 9.17) is 10.3 Å². The van der Waals surface area contributed by atoms with E-state index in [0.29, 0.717) is 11.7 Å². The minimum absolute atomic E-state index is 0. The number of halogens is 1. The zero-order valence-electron chi connectivity index (χ0n) is 7.84. The molecule has 0 saturated heterocycles. The summed E-state index contributed by atoms with van der Waals surface area (Å²) in [5.41, 5.74) is 6.60. The summed E-state index contributed by atoms with van der Waals surface area (Å²) in [5.74, 6) is 1.21. The summed E-state index contributed by atoms with van der Waals surface area (Å²) in [4.78, 5) is 4.29. The van der Waals surface area contributed by atoms with E-state index in [1.54, 1.807) is 11.3 Å². The summed E-state index contributed by atoms with van der Waals surface area (Å²) in [6, 6.07) is 1.97. The standard InChI is InChI=1S/C9H9N3OS.ClH/c10-9(2-3-9)8-11-7(12-13-8)6-1-4-14-5-6;/h1,4-5H,2-3,10H2;1H. The second-order valence-corrected chi connectivity index (χ2v) is 4.37. The fourth-order valence-electron chi connectivity index (χ4n) is 1.28. The molecule has 0 aromatic carbocycles. The third-order valence-electron chi connectivity index (χ3n) is 2.42. The number of nitrogens with two attached hydrogens (primary N) is 1. The molecule has 6 heteroatoms. The van der Waals surface area contributed by atoms with E-state index in [2.05, 4.69) is 10.1 Å². The Morgan fingerprint density at radius 1 is 1.47 bits per heavy atom. The van der Waals surface area contributed by atoms with E-state index in [-0.39, 0.29) is 17.9 Å². The average molecular weight is 244 g/mol. The van der Waals surface area contributed by atoms with E-state index in [1.165, 1.54) is 0 Å². The number of hydrogen-bond donors (Lipinski definition) is 1. The molecule has 80 valence electrons. The highest BCUT2D eigenvalue weighted by Crippen LogP contribution is 2.42. The van der Waals surface area contributed by atoms with Crippen LogP contribution in [0.4, 0.5) is 0 Å². The summed E-state index contributed by atoms with van der Waals surface area (Å²) in [6.45, 7) is 0. The molecule has 1 fully saturated rings. The first kappa shape index (κ1) is 10.6. The van der Waals surface area contributed by atoms with Crippen LogP contribution in [0.5, 0.6) is 0 Å². The molecule has 4 nitrogen and oxygen atoms in total. The van der Waals surface area contributed by atoms with Gasteiger partial charge in [0.2, 0.25) is 11.7 Å². The summed E-state index contributed by atoms with van der Waals surface area (Å²) in [7, 11) is 0. The number of nitrogens with zero attached hydrogens (tertiary/aromatic N) is 2. The molecule has 2 N–H and O–H groups in total. The normalized spacial score (nSPS) is 17.1. The van der Waals surface area contributed by atoms with Gasteiger partial charge in [-0.05, 0) is 24.3 Å². The van der Waals surface area contributed by atoms with Crippen LogP contribution in [0, 0.1) is 0 Å². The minimum atomic E-state index is -0.332. The Balaban J connectivity index is 0.000000853. The van der Waals surface area contributed by atoms with Crippen molar-refractivity contribution in [2.45, 2.75) is 18.4 Å². The maximum absolute atomic E-state index is 5.94. The van der Waals surface area contributed by atoms with Crippen LogP contribution in [-0.2, 0) is 5.54 Å². The zero-order valence-corrected chi connectivity index (χ0v) is 9.48. The van der Waals surface area contributed by atoms with Crippen molar-refractivity contribution in [3.8, 4) is 11.4 Å². The molecule has 0 aliphatic heterocycles. The molecule has 1 aliphatic carbocycles. The van der Waals surface area contributed by atoms with E-state index in [1.807, 2.05) is 16.8 Å². The van der Waals surface area contributed by atoms with Gasteiger partial charge in [0.25, 0.3) is 0 Å². The molecule has 2 aromatic rings. The lowest BCUT2D eigenvalue weighted by Crippen LogP contribution is -2.18. The molecule has 1 aliphatic rings.